The summed E-state index contributed by atoms with van der Waals surface area (Å²) in [6, 6.07) is 11.2. The van der Waals surface area contributed by atoms with Crippen LogP contribution in [-0.2, 0) is 6.42 Å². The van der Waals surface area contributed by atoms with Crippen molar-refractivity contribution in [3.05, 3.63) is 57.6 Å². The van der Waals surface area contributed by atoms with Gasteiger partial charge in [-0.3, -0.25) is 4.79 Å². The van der Waals surface area contributed by atoms with E-state index in [9.17, 15) is 4.79 Å². The molecular weight excluding hydrogens is 332 g/mol. The second kappa shape index (κ2) is 6.76. The van der Waals surface area contributed by atoms with Crippen LogP contribution in [0.3, 0.4) is 0 Å². The third kappa shape index (κ3) is 3.64. The SMILES string of the molecule is COc1ccc(Br)cc1CC(=O)c1ccc(C)cc1OC. The summed E-state index contributed by atoms with van der Waals surface area (Å²) in [6.45, 7) is 1.97. The molecule has 0 N–H and O–H groups in total. The molecule has 2 aromatic rings. The van der Waals surface area contributed by atoms with Gasteiger partial charge in [0.1, 0.15) is 11.5 Å². The molecule has 0 radical (unpaired) electrons. The first-order valence-electron chi connectivity index (χ1n) is 6.55. The molecule has 0 aliphatic heterocycles. The zero-order valence-electron chi connectivity index (χ0n) is 12.3. The molecule has 0 heterocycles. The number of Topliss-reactive ketones (excluding diaryl/α,β-unsaturated/α-hetero) is 1. The Bertz CT molecular complexity index is 665. The van der Waals surface area contributed by atoms with Crippen molar-refractivity contribution in [1.82, 2.24) is 0 Å². The summed E-state index contributed by atoms with van der Waals surface area (Å²) in [5.41, 5.74) is 2.49. The average Bonchev–Trinajstić information content (AvgIpc) is 2.47. The highest BCUT2D eigenvalue weighted by Gasteiger charge is 2.15. The van der Waals surface area contributed by atoms with Crippen LogP contribution in [0.1, 0.15) is 21.5 Å². The fourth-order valence-electron chi connectivity index (χ4n) is 2.18. The fourth-order valence-corrected chi connectivity index (χ4v) is 2.59. The number of rotatable bonds is 5. The van der Waals surface area contributed by atoms with E-state index in [1.54, 1.807) is 20.3 Å². The molecule has 110 valence electrons. The molecule has 2 aromatic carbocycles. The van der Waals surface area contributed by atoms with E-state index in [-0.39, 0.29) is 12.2 Å². The van der Waals surface area contributed by atoms with Gasteiger partial charge in [-0.25, -0.2) is 0 Å². The van der Waals surface area contributed by atoms with Gasteiger partial charge in [0.05, 0.1) is 19.8 Å². The maximum atomic E-state index is 12.5. The standard InChI is InChI=1S/C17H17BrO3/c1-11-4-6-14(17(8-11)21-3)15(19)10-12-9-13(18)5-7-16(12)20-2/h4-9H,10H2,1-3H3. The van der Waals surface area contributed by atoms with E-state index < -0.39 is 0 Å². The van der Waals surface area contributed by atoms with Crippen molar-refractivity contribution in [2.75, 3.05) is 14.2 Å². The van der Waals surface area contributed by atoms with Gasteiger partial charge in [-0.15, -0.1) is 0 Å². The average molecular weight is 349 g/mol. The van der Waals surface area contributed by atoms with Crippen LogP contribution in [-0.4, -0.2) is 20.0 Å². The monoisotopic (exact) mass is 348 g/mol. The number of aryl methyl sites for hydroxylation is 1. The highest BCUT2D eigenvalue weighted by atomic mass is 79.9. The highest BCUT2D eigenvalue weighted by Crippen LogP contribution is 2.27. The third-order valence-corrected chi connectivity index (χ3v) is 3.74. The van der Waals surface area contributed by atoms with Crippen LogP contribution < -0.4 is 9.47 Å². The first-order valence-corrected chi connectivity index (χ1v) is 7.34. The Morgan fingerprint density at radius 1 is 1.05 bits per heavy atom. The van der Waals surface area contributed by atoms with Crippen molar-refractivity contribution in [3.8, 4) is 11.5 Å². The van der Waals surface area contributed by atoms with E-state index in [1.165, 1.54) is 0 Å². The number of ether oxygens (including phenoxy) is 2. The summed E-state index contributed by atoms with van der Waals surface area (Å²) in [7, 11) is 3.18. The molecular formula is C17H17BrO3. The number of methoxy groups -OCH3 is 2. The minimum absolute atomic E-state index is 0.00301. The van der Waals surface area contributed by atoms with Crippen LogP contribution in [0.2, 0.25) is 0 Å². The first kappa shape index (κ1) is 15.6. The maximum Gasteiger partial charge on any atom is 0.171 e. The Morgan fingerprint density at radius 3 is 2.43 bits per heavy atom. The molecule has 0 aliphatic carbocycles. The fraction of sp³-hybridized carbons (Fsp3) is 0.235. The molecule has 21 heavy (non-hydrogen) atoms. The maximum absolute atomic E-state index is 12.5. The lowest BCUT2D eigenvalue weighted by Gasteiger charge is -2.11. The van der Waals surface area contributed by atoms with Gasteiger partial charge in [-0.1, -0.05) is 22.0 Å². The van der Waals surface area contributed by atoms with Crippen LogP contribution in [0.5, 0.6) is 11.5 Å². The van der Waals surface area contributed by atoms with Crippen LogP contribution in [0, 0.1) is 6.92 Å². The van der Waals surface area contributed by atoms with Crippen molar-refractivity contribution >= 4 is 21.7 Å². The van der Waals surface area contributed by atoms with E-state index in [0.29, 0.717) is 17.1 Å². The molecule has 2 rings (SSSR count). The lowest BCUT2D eigenvalue weighted by Crippen LogP contribution is -2.07. The Morgan fingerprint density at radius 2 is 1.76 bits per heavy atom. The second-order valence-corrected chi connectivity index (χ2v) is 5.68. The number of hydrogen-bond acceptors (Lipinski definition) is 3. The second-order valence-electron chi connectivity index (χ2n) is 4.76. The lowest BCUT2D eigenvalue weighted by molar-refractivity contribution is 0.0989. The molecule has 0 amide bonds. The number of ketones is 1. The molecule has 0 saturated carbocycles. The summed E-state index contributed by atoms with van der Waals surface area (Å²) in [6.07, 6.45) is 0.266. The van der Waals surface area contributed by atoms with Crippen molar-refractivity contribution in [1.29, 1.82) is 0 Å². The van der Waals surface area contributed by atoms with Gasteiger partial charge in [-0.05, 0) is 42.8 Å². The summed E-state index contributed by atoms with van der Waals surface area (Å²) < 4.78 is 11.5. The summed E-state index contributed by atoms with van der Waals surface area (Å²) in [5.74, 6) is 1.31. The van der Waals surface area contributed by atoms with Gasteiger partial charge in [0.15, 0.2) is 5.78 Å². The zero-order valence-corrected chi connectivity index (χ0v) is 13.9. The van der Waals surface area contributed by atoms with Crippen LogP contribution >= 0.6 is 15.9 Å². The van der Waals surface area contributed by atoms with Gasteiger partial charge >= 0.3 is 0 Å². The van der Waals surface area contributed by atoms with Gasteiger partial charge in [0, 0.05) is 16.5 Å². The summed E-state index contributed by atoms with van der Waals surface area (Å²) in [5, 5.41) is 0. The minimum Gasteiger partial charge on any atom is -0.496 e. The molecule has 0 aromatic heterocycles. The van der Waals surface area contributed by atoms with Crippen LogP contribution in [0.4, 0.5) is 0 Å². The Kier molecular flexibility index (Phi) is 5.02. The summed E-state index contributed by atoms with van der Waals surface area (Å²) in [4.78, 5) is 12.5. The number of carbonyl (C=O) groups excluding carboxylic acids is 1. The predicted molar refractivity (Wildman–Crippen MR) is 86.5 cm³/mol. The first-order chi connectivity index (χ1) is 10.0. The lowest BCUT2D eigenvalue weighted by atomic mass is 10.0. The number of hydrogen-bond donors (Lipinski definition) is 0. The van der Waals surface area contributed by atoms with Crippen molar-refractivity contribution < 1.29 is 14.3 Å². The Hall–Kier alpha value is -1.81. The van der Waals surface area contributed by atoms with Gasteiger partial charge in [-0.2, -0.15) is 0 Å². The van der Waals surface area contributed by atoms with Crippen LogP contribution in [0.15, 0.2) is 40.9 Å². The molecule has 0 unspecified atom stereocenters. The molecule has 3 nitrogen and oxygen atoms in total. The quantitative estimate of drug-likeness (QED) is 0.759. The predicted octanol–water partition coefficient (Wildman–Crippen LogP) is 4.20. The van der Waals surface area contributed by atoms with E-state index in [2.05, 4.69) is 15.9 Å². The molecule has 0 aliphatic rings. The van der Waals surface area contributed by atoms with E-state index in [1.807, 2.05) is 37.3 Å². The molecule has 0 fully saturated rings. The number of carbonyl (C=O) groups is 1. The largest absolute Gasteiger partial charge is 0.496 e. The molecule has 0 bridgehead atoms. The Balaban J connectivity index is 2.32. The molecule has 4 heteroatoms. The normalized spacial score (nSPS) is 10.3. The zero-order chi connectivity index (χ0) is 15.4. The molecule has 0 spiro atoms. The van der Waals surface area contributed by atoms with Crippen molar-refractivity contribution in [2.24, 2.45) is 0 Å². The number of benzene rings is 2. The smallest absolute Gasteiger partial charge is 0.171 e. The topological polar surface area (TPSA) is 35.5 Å². The molecule has 0 saturated heterocycles. The molecule has 0 atom stereocenters. The van der Waals surface area contributed by atoms with Crippen molar-refractivity contribution in [2.45, 2.75) is 13.3 Å². The Labute approximate surface area is 133 Å². The number of halogens is 1. The van der Waals surface area contributed by atoms with E-state index in [0.717, 1.165) is 15.6 Å². The van der Waals surface area contributed by atoms with Crippen molar-refractivity contribution in [3.63, 3.8) is 0 Å². The summed E-state index contributed by atoms with van der Waals surface area (Å²) >= 11 is 3.42. The van der Waals surface area contributed by atoms with Gasteiger partial charge in [0.25, 0.3) is 0 Å². The van der Waals surface area contributed by atoms with E-state index in [4.69, 9.17) is 9.47 Å². The van der Waals surface area contributed by atoms with Crippen LogP contribution in [0.25, 0.3) is 0 Å². The van der Waals surface area contributed by atoms with Gasteiger partial charge in [0.2, 0.25) is 0 Å². The minimum atomic E-state index is 0.00301. The van der Waals surface area contributed by atoms with E-state index >= 15 is 0 Å². The highest BCUT2D eigenvalue weighted by molar-refractivity contribution is 9.10. The third-order valence-electron chi connectivity index (χ3n) is 3.25. The van der Waals surface area contributed by atoms with Gasteiger partial charge < -0.3 is 9.47 Å².